The summed E-state index contributed by atoms with van der Waals surface area (Å²) in [7, 11) is 0. The van der Waals surface area contributed by atoms with E-state index >= 15 is 0 Å². The lowest BCUT2D eigenvalue weighted by Crippen LogP contribution is -2.18. The minimum atomic E-state index is -0.216. The summed E-state index contributed by atoms with van der Waals surface area (Å²) < 4.78 is 0. The molecule has 0 aliphatic carbocycles. The molecule has 2 aromatic carbocycles. The van der Waals surface area contributed by atoms with Crippen LogP contribution in [-0.4, -0.2) is 17.1 Å². The third kappa shape index (κ3) is 3.38. The number of amides is 1. The highest BCUT2D eigenvalue weighted by Crippen LogP contribution is 2.22. The Hall–Kier alpha value is -2.88. The lowest BCUT2D eigenvalue weighted by Gasteiger charge is -2.18. The molecule has 0 aliphatic rings. The first-order valence-electron chi connectivity index (χ1n) is 7.95. The number of fused-ring (bicyclic) bond motifs is 1. The average Bonchev–Trinajstić information content (AvgIpc) is 2.97. The van der Waals surface area contributed by atoms with E-state index in [4.69, 9.17) is 0 Å². The maximum atomic E-state index is 12.2. The number of carbonyl (C=O) groups excluding carboxylic acids is 1. The van der Waals surface area contributed by atoms with Gasteiger partial charge in [0.2, 0.25) is 0 Å². The van der Waals surface area contributed by atoms with Gasteiger partial charge in [0.25, 0.3) is 5.91 Å². The van der Waals surface area contributed by atoms with Crippen LogP contribution >= 0.6 is 0 Å². The molecule has 0 fully saturated rings. The molecule has 1 heterocycles. The Morgan fingerprint density at radius 1 is 1.08 bits per heavy atom. The van der Waals surface area contributed by atoms with Crippen molar-refractivity contribution in [1.29, 1.82) is 0 Å². The van der Waals surface area contributed by atoms with E-state index in [1.165, 1.54) is 5.56 Å². The van der Waals surface area contributed by atoms with Crippen molar-refractivity contribution in [2.45, 2.75) is 26.2 Å². The van der Waals surface area contributed by atoms with E-state index in [2.05, 4.69) is 36.3 Å². The summed E-state index contributed by atoms with van der Waals surface area (Å²) in [4.78, 5) is 15.3. The van der Waals surface area contributed by atoms with Gasteiger partial charge in [-0.1, -0.05) is 51.1 Å². The number of nitrogens with zero attached hydrogens (tertiary/aromatic N) is 1. The molecule has 0 radical (unpaired) electrons. The number of aromatic amines is 1. The molecule has 2 N–H and O–H groups in total. The Morgan fingerprint density at radius 2 is 1.79 bits per heavy atom. The summed E-state index contributed by atoms with van der Waals surface area (Å²) in [6, 6.07) is 15.6. The van der Waals surface area contributed by atoms with Gasteiger partial charge in [-0.15, -0.1) is 0 Å². The molecule has 4 heteroatoms. The number of benzene rings is 2. The normalized spacial score (nSPS) is 12.0. The minimum Gasteiger partial charge on any atom is -0.361 e. The lowest BCUT2D eigenvalue weighted by atomic mass is 9.87. The number of hydrazone groups is 1. The van der Waals surface area contributed by atoms with E-state index in [0.717, 1.165) is 16.5 Å². The summed E-state index contributed by atoms with van der Waals surface area (Å²) in [5, 5.41) is 5.14. The second-order valence-electron chi connectivity index (χ2n) is 6.82. The lowest BCUT2D eigenvalue weighted by molar-refractivity contribution is 0.0955. The topological polar surface area (TPSA) is 57.2 Å². The molecule has 3 rings (SSSR count). The molecule has 4 nitrogen and oxygen atoms in total. The Labute approximate surface area is 141 Å². The molecular formula is C20H21N3O. The van der Waals surface area contributed by atoms with Gasteiger partial charge in [0.05, 0.1) is 6.21 Å². The van der Waals surface area contributed by atoms with Crippen molar-refractivity contribution >= 4 is 23.0 Å². The zero-order chi connectivity index (χ0) is 17.2. The van der Waals surface area contributed by atoms with Crippen LogP contribution in [0.15, 0.2) is 59.8 Å². The molecule has 0 aliphatic heterocycles. The monoisotopic (exact) mass is 319 g/mol. The van der Waals surface area contributed by atoms with Crippen molar-refractivity contribution in [3.05, 3.63) is 71.4 Å². The van der Waals surface area contributed by atoms with Crippen LogP contribution in [0.25, 0.3) is 10.9 Å². The highest BCUT2D eigenvalue weighted by Gasteiger charge is 2.14. The van der Waals surface area contributed by atoms with E-state index in [1.54, 1.807) is 6.21 Å². The van der Waals surface area contributed by atoms with E-state index in [0.29, 0.717) is 5.56 Å². The molecule has 0 saturated heterocycles. The number of carbonyl (C=O) groups is 1. The van der Waals surface area contributed by atoms with Gasteiger partial charge in [-0.25, -0.2) is 5.43 Å². The smallest absolute Gasteiger partial charge is 0.271 e. The van der Waals surface area contributed by atoms with Crippen molar-refractivity contribution in [1.82, 2.24) is 10.4 Å². The SMILES string of the molecule is CC(C)(C)c1ccc(C(=O)N/N=C\c2c[nH]c3ccccc23)cc1. The Kier molecular flexibility index (Phi) is 4.21. The zero-order valence-corrected chi connectivity index (χ0v) is 14.1. The van der Waals surface area contributed by atoms with Crippen molar-refractivity contribution in [2.75, 3.05) is 0 Å². The summed E-state index contributed by atoms with van der Waals surface area (Å²) in [5.41, 5.74) is 6.42. The number of rotatable bonds is 3. The standard InChI is InChI=1S/C20H21N3O/c1-20(2,3)16-10-8-14(9-11-16)19(24)23-22-13-15-12-21-18-7-5-4-6-17(15)18/h4-13,21H,1-3H3,(H,23,24)/b22-13-. The van der Waals surface area contributed by atoms with Gasteiger partial charge < -0.3 is 4.98 Å². The average molecular weight is 319 g/mol. The largest absolute Gasteiger partial charge is 0.361 e. The van der Waals surface area contributed by atoms with Crippen molar-refractivity contribution in [3.63, 3.8) is 0 Å². The van der Waals surface area contributed by atoms with Crippen LogP contribution in [-0.2, 0) is 5.41 Å². The number of H-pyrrole nitrogens is 1. The van der Waals surface area contributed by atoms with Crippen LogP contribution < -0.4 is 5.43 Å². The van der Waals surface area contributed by atoms with Crippen LogP contribution in [0.5, 0.6) is 0 Å². The van der Waals surface area contributed by atoms with Crippen LogP contribution in [0.1, 0.15) is 42.3 Å². The van der Waals surface area contributed by atoms with Crippen LogP contribution in [0.4, 0.5) is 0 Å². The molecule has 24 heavy (non-hydrogen) atoms. The molecule has 0 saturated carbocycles. The van der Waals surface area contributed by atoms with Gasteiger partial charge in [-0.05, 0) is 29.2 Å². The van der Waals surface area contributed by atoms with Crippen LogP contribution in [0, 0.1) is 0 Å². The van der Waals surface area contributed by atoms with Gasteiger partial charge in [-0.2, -0.15) is 5.10 Å². The molecule has 3 aromatic rings. The van der Waals surface area contributed by atoms with Crippen molar-refractivity contribution in [2.24, 2.45) is 5.10 Å². The van der Waals surface area contributed by atoms with Gasteiger partial charge in [0, 0.05) is 28.2 Å². The highest BCUT2D eigenvalue weighted by atomic mass is 16.2. The molecule has 1 amide bonds. The molecular weight excluding hydrogens is 298 g/mol. The molecule has 0 bridgehead atoms. The highest BCUT2D eigenvalue weighted by molar-refractivity contribution is 6.00. The minimum absolute atomic E-state index is 0.0719. The number of hydrogen-bond donors (Lipinski definition) is 2. The zero-order valence-electron chi connectivity index (χ0n) is 14.1. The van der Waals surface area contributed by atoms with E-state index in [9.17, 15) is 4.79 Å². The molecule has 0 spiro atoms. The fraction of sp³-hybridized carbons (Fsp3) is 0.200. The fourth-order valence-corrected chi connectivity index (χ4v) is 2.55. The predicted octanol–water partition coefficient (Wildman–Crippen LogP) is 4.23. The summed E-state index contributed by atoms with van der Waals surface area (Å²) in [6.07, 6.45) is 3.53. The summed E-state index contributed by atoms with van der Waals surface area (Å²) >= 11 is 0. The fourth-order valence-electron chi connectivity index (χ4n) is 2.55. The van der Waals surface area contributed by atoms with Gasteiger partial charge in [0.15, 0.2) is 0 Å². The number of aromatic nitrogens is 1. The van der Waals surface area contributed by atoms with Crippen LogP contribution in [0.3, 0.4) is 0 Å². The predicted molar refractivity (Wildman–Crippen MR) is 98.5 cm³/mol. The molecule has 0 atom stereocenters. The first-order valence-corrected chi connectivity index (χ1v) is 7.95. The van der Waals surface area contributed by atoms with Gasteiger partial charge in [-0.3, -0.25) is 4.79 Å². The maximum Gasteiger partial charge on any atom is 0.271 e. The number of hydrogen-bond acceptors (Lipinski definition) is 2. The maximum absolute atomic E-state index is 12.2. The van der Waals surface area contributed by atoms with E-state index in [-0.39, 0.29) is 11.3 Å². The second kappa shape index (κ2) is 6.32. The second-order valence-corrected chi connectivity index (χ2v) is 6.82. The number of nitrogens with one attached hydrogen (secondary N) is 2. The van der Waals surface area contributed by atoms with Gasteiger partial charge in [0.1, 0.15) is 0 Å². The van der Waals surface area contributed by atoms with Crippen LogP contribution in [0.2, 0.25) is 0 Å². The summed E-state index contributed by atoms with van der Waals surface area (Å²) in [6.45, 7) is 6.44. The Bertz CT molecular complexity index is 883. The molecule has 0 unspecified atom stereocenters. The first kappa shape index (κ1) is 16.0. The first-order chi connectivity index (χ1) is 11.4. The van der Waals surface area contributed by atoms with Gasteiger partial charge >= 0.3 is 0 Å². The Morgan fingerprint density at radius 3 is 2.50 bits per heavy atom. The Balaban J connectivity index is 1.69. The third-order valence-corrected chi connectivity index (χ3v) is 4.00. The van der Waals surface area contributed by atoms with Crippen molar-refractivity contribution in [3.8, 4) is 0 Å². The van der Waals surface area contributed by atoms with E-state index < -0.39 is 0 Å². The van der Waals surface area contributed by atoms with E-state index in [1.807, 2.05) is 54.7 Å². The third-order valence-electron chi connectivity index (χ3n) is 4.00. The van der Waals surface area contributed by atoms with Crippen molar-refractivity contribution < 1.29 is 4.79 Å². The number of para-hydroxylation sites is 1. The molecule has 1 aromatic heterocycles. The quantitative estimate of drug-likeness (QED) is 0.551. The summed E-state index contributed by atoms with van der Waals surface area (Å²) in [5.74, 6) is -0.216. The molecule has 122 valence electrons.